The third kappa shape index (κ3) is 7.27. The Morgan fingerprint density at radius 3 is 2.52 bits per heavy atom. The highest BCUT2D eigenvalue weighted by Gasteiger charge is 2.30. The van der Waals surface area contributed by atoms with Crippen LogP contribution >= 0.6 is 0 Å². The summed E-state index contributed by atoms with van der Waals surface area (Å²) in [6, 6.07) is 14.1. The maximum absolute atomic E-state index is 12.2. The average Bonchev–Trinajstić information content (AvgIpc) is 3.05. The molecule has 0 spiro atoms. The topological polar surface area (TPSA) is 104 Å². The lowest BCUT2D eigenvalue weighted by Crippen LogP contribution is -2.20. The first-order chi connectivity index (χ1) is 15.6. The van der Waals surface area contributed by atoms with Crippen LogP contribution in [0.1, 0.15) is 22.5 Å². The Balaban J connectivity index is 1.52. The number of ether oxygens (including phenoxy) is 1. The van der Waals surface area contributed by atoms with E-state index in [1.165, 1.54) is 12.1 Å². The number of aryl methyl sites for hydroxylation is 2. The molecule has 174 valence electrons. The molecule has 33 heavy (non-hydrogen) atoms. The van der Waals surface area contributed by atoms with Gasteiger partial charge in [0.05, 0.1) is 12.2 Å². The van der Waals surface area contributed by atoms with Crippen molar-refractivity contribution >= 4 is 17.4 Å². The predicted octanol–water partition coefficient (Wildman–Crippen LogP) is 3.72. The SMILES string of the molecule is Cc1cc(C)n(Cc2cccc(/C(N)=N/OCC(=O)Nc3ccc(OC(F)(F)F)cc3)c2)n1. The van der Waals surface area contributed by atoms with Gasteiger partial charge in [-0.15, -0.1) is 13.2 Å². The van der Waals surface area contributed by atoms with E-state index in [4.69, 9.17) is 10.6 Å². The van der Waals surface area contributed by atoms with Gasteiger partial charge in [-0.25, -0.2) is 0 Å². The van der Waals surface area contributed by atoms with Gasteiger partial charge in [-0.3, -0.25) is 9.48 Å². The summed E-state index contributed by atoms with van der Waals surface area (Å²) in [7, 11) is 0. The molecule has 8 nitrogen and oxygen atoms in total. The summed E-state index contributed by atoms with van der Waals surface area (Å²) in [5, 5.41) is 10.7. The number of nitrogens with zero attached hydrogens (tertiary/aromatic N) is 3. The van der Waals surface area contributed by atoms with Crippen molar-refractivity contribution in [3.8, 4) is 5.75 Å². The predicted molar refractivity (Wildman–Crippen MR) is 116 cm³/mol. The molecule has 3 N–H and O–H groups in total. The number of amides is 1. The first kappa shape index (κ1) is 23.6. The van der Waals surface area contributed by atoms with Crippen LogP contribution in [0.4, 0.5) is 18.9 Å². The second-order valence-electron chi connectivity index (χ2n) is 7.16. The van der Waals surface area contributed by atoms with Crippen molar-refractivity contribution < 1.29 is 27.5 Å². The molecule has 0 aliphatic carbocycles. The molecule has 1 heterocycles. The van der Waals surface area contributed by atoms with Gasteiger partial charge in [0.15, 0.2) is 12.4 Å². The highest BCUT2D eigenvalue weighted by molar-refractivity contribution is 5.97. The van der Waals surface area contributed by atoms with Crippen molar-refractivity contribution in [1.29, 1.82) is 0 Å². The van der Waals surface area contributed by atoms with Crippen molar-refractivity contribution in [2.24, 2.45) is 10.9 Å². The molecule has 11 heteroatoms. The summed E-state index contributed by atoms with van der Waals surface area (Å²) in [6.45, 7) is 4.03. The zero-order chi connectivity index (χ0) is 24.0. The normalized spacial score (nSPS) is 11.8. The van der Waals surface area contributed by atoms with Crippen LogP contribution < -0.4 is 15.8 Å². The molecule has 0 saturated heterocycles. The van der Waals surface area contributed by atoms with E-state index in [0.717, 1.165) is 29.1 Å². The van der Waals surface area contributed by atoms with E-state index in [9.17, 15) is 18.0 Å². The number of benzene rings is 2. The Kier molecular flexibility index (Phi) is 7.21. The number of anilines is 1. The number of aromatic nitrogens is 2. The fourth-order valence-electron chi connectivity index (χ4n) is 2.99. The highest BCUT2D eigenvalue weighted by atomic mass is 19.4. The lowest BCUT2D eigenvalue weighted by atomic mass is 10.1. The summed E-state index contributed by atoms with van der Waals surface area (Å²) in [6.07, 6.45) is -4.78. The second kappa shape index (κ2) is 10.1. The first-order valence-electron chi connectivity index (χ1n) is 9.80. The maximum atomic E-state index is 12.2. The van der Waals surface area contributed by atoms with Crippen LogP contribution in [0.5, 0.6) is 5.75 Å². The van der Waals surface area contributed by atoms with Crippen molar-refractivity contribution in [3.63, 3.8) is 0 Å². The molecular formula is C22H22F3N5O3. The summed E-state index contributed by atoms with van der Waals surface area (Å²) in [4.78, 5) is 17.0. The summed E-state index contributed by atoms with van der Waals surface area (Å²) < 4.78 is 42.2. The first-order valence-corrected chi connectivity index (χ1v) is 9.80. The Morgan fingerprint density at radius 1 is 1.15 bits per heavy atom. The van der Waals surface area contributed by atoms with Gasteiger partial charge in [0.2, 0.25) is 0 Å². The minimum atomic E-state index is -4.78. The van der Waals surface area contributed by atoms with E-state index < -0.39 is 24.6 Å². The number of hydrogen-bond acceptors (Lipinski definition) is 5. The van der Waals surface area contributed by atoms with Gasteiger partial charge in [-0.2, -0.15) is 5.10 Å². The van der Waals surface area contributed by atoms with Gasteiger partial charge >= 0.3 is 6.36 Å². The second-order valence-corrected chi connectivity index (χ2v) is 7.16. The van der Waals surface area contributed by atoms with E-state index in [-0.39, 0.29) is 11.5 Å². The lowest BCUT2D eigenvalue weighted by Gasteiger charge is -2.10. The molecule has 0 aliphatic heterocycles. The average molecular weight is 461 g/mol. The smallest absolute Gasteiger partial charge is 0.406 e. The maximum Gasteiger partial charge on any atom is 0.573 e. The highest BCUT2D eigenvalue weighted by Crippen LogP contribution is 2.23. The van der Waals surface area contributed by atoms with E-state index in [0.29, 0.717) is 12.1 Å². The lowest BCUT2D eigenvalue weighted by molar-refractivity contribution is -0.274. The molecule has 1 amide bonds. The van der Waals surface area contributed by atoms with Crippen molar-refractivity contribution in [2.75, 3.05) is 11.9 Å². The van der Waals surface area contributed by atoms with Gasteiger partial charge in [0, 0.05) is 16.9 Å². The number of oxime groups is 1. The van der Waals surface area contributed by atoms with Gasteiger partial charge in [-0.1, -0.05) is 23.4 Å². The molecule has 0 aliphatic rings. The van der Waals surface area contributed by atoms with Crippen LogP contribution in [0.15, 0.2) is 59.8 Å². The van der Waals surface area contributed by atoms with Crippen LogP contribution in [-0.2, 0) is 16.2 Å². The van der Waals surface area contributed by atoms with Gasteiger partial charge < -0.3 is 20.6 Å². The Bertz CT molecular complexity index is 1140. The molecule has 3 rings (SSSR count). The molecule has 2 aromatic carbocycles. The minimum absolute atomic E-state index is 0.0895. The summed E-state index contributed by atoms with van der Waals surface area (Å²) in [5.74, 6) is -0.866. The van der Waals surface area contributed by atoms with Crippen LogP contribution in [0.3, 0.4) is 0 Å². The van der Waals surface area contributed by atoms with E-state index in [1.807, 2.05) is 42.8 Å². The Morgan fingerprint density at radius 2 is 1.88 bits per heavy atom. The molecule has 0 fully saturated rings. The molecule has 3 aromatic rings. The van der Waals surface area contributed by atoms with E-state index >= 15 is 0 Å². The van der Waals surface area contributed by atoms with Crippen molar-refractivity contribution in [2.45, 2.75) is 26.8 Å². The molecule has 0 unspecified atom stereocenters. The van der Waals surface area contributed by atoms with E-state index in [2.05, 4.69) is 20.3 Å². The number of nitrogens with two attached hydrogens (primary N) is 1. The molecule has 0 saturated carbocycles. The zero-order valence-corrected chi connectivity index (χ0v) is 17.9. The minimum Gasteiger partial charge on any atom is -0.406 e. The van der Waals surface area contributed by atoms with Gasteiger partial charge in [0.1, 0.15) is 5.75 Å². The number of carbonyl (C=O) groups excluding carboxylic acids is 1. The summed E-state index contributed by atoms with van der Waals surface area (Å²) in [5.41, 5.74) is 9.79. The number of carbonyl (C=O) groups is 1. The fraction of sp³-hybridized carbons (Fsp3) is 0.227. The fourth-order valence-corrected chi connectivity index (χ4v) is 2.99. The largest absolute Gasteiger partial charge is 0.573 e. The van der Waals surface area contributed by atoms with Gasteiger partial charge in [-0.05, 0) is 55.8 Å². The monoisotopic (exact) mass is 461 g/mol. The number of rotatable bonds is 8. The quantitative estimate of drug-likeness (QED) is 0.302. The molecule has 0 bridgehead atoms. The number of hydrogen-bond donors (Lipinski definition) is 2. The number of nitrogens with one attached hydrogen (secondary N) is 1. The van der Waals surface area contributed by atoms with Crippen LogP contribution in [0.2, 0.25) is 0 Å². The molecule has 1 aromatic heterocycles. The number of halogens is 3. The Hall–Kier alpha value is -4.02. The third-order valence-electron chi connectivity index (χ3n) is 4.39. The van der Waals surface area contributed by atoms with Crippen LogP contribution in [0, 0.1) is 13.8 Å². The van der Waals surface area contributed by atoms with Crippen LogP contribution in [-0.4, -0.2) is 34.5 Å². The standard InChI is InChI=1S/C22H22F3N5O3/c1-14-10-15(2)30(28-14)12-16-4-3-5-17(11-16)21(26)29-32-13-20(31)27-18-6-8-19(9-7-18)33-22(23,24)25/h3-11H,12-13H2,1-2H3,(H2,26,29)(H,27,31). The van der Waals surface area contributed by atoms with E-state index in [1.54, 1.807) is 6.07 Å². The number of amidine groups is 1. The number of alkyl halides is 3. The van der Waals surface area contributed by atoms with Crippen LogP contribution in [0.25, 0.3) is 0 Å². The molecule has 0 atom stereocenters. The molecular weight excluding hydrogens is 439 g/mol. The van der Waals surface area contributed by atoms with Gasteiger partial charge in [0.25, 0.3) is 5.91 Å². The third-order valence-corrected chi connectivity index (χ3v) is 4.39. The van der Waals surface area contributed by atoms with Crippen molar-refractivity contribution in [3.05, 3.63) is 77.1 Å². The van der Waals surface area contributed by atoms with Crippen molar-refractivity contribution in [1.82, 2.24) is 9.78 Å². The zero-order valence-electron chi connectivity index (χ0n) is 17.9. The summed E-state index contributed by atoms with van der Waals surface area (Å²) >= 11 is 0. The molecule has 0 radical (unpaired) electrons. The Labute approximate surface area is 187 Å².